The monoisotopic (exact) mass is 317 g/mol. The third kappa shape index (κ3) is 9.71. The minimum atomic E-state index is 0.865. The molecule has 0 aliphatic carbocycles. The molecule has 0 saturated carbocycles. The van der Waals surface area contributed by atoms with E-state index in [2.05, 4.69) is 21.7 Å². The molecule has 0 radical (unpaired) electrons. The topological polar surface area (TPSA) is 37.4 Å². The number of piperazine rings is 1. The molecule has 0 amide bonds. The van der Waals surface area contributed by atoms with Gasteiger partial charge in [-0.15, -0.1) is 0 Å². The highest BCUT2D eigenvalue weighted by Gasteiger charge is 2.12. The van der Waals surface area contributed by atoms with Crippen molar-refractivity contribution in [3.63, 3.8) is 0 Å². The summed E-state index contributed by atoms with van der Waals surface area (Å²) < 4.78 is 15.2. The molecular formula is C16H35N3O3. The van der Waals surface area contributed by atoms with Crippen molar-refractivity contribution in [3.8, 4) is 0 Å². The van der Waals surface area contributed by atoms with E-state index in [-0.39, 0.29) is 0 Å². The molecule has 0 aromatic heterocycles. The van der Waals surface area contributed by atoms with Crippen LogP contribution in [0.4, 0.5) is 0 Å². The number of hydrogen-bond acceptors (Lipinski definition) is 6. The summed E-state index contributed by atoms with van der Waals surface area (Å²) >= 11 is 0. The van der Waals surface area contributed by atoms with Gasteiger partial charge in [0, 0.05) is 73.2 Å². The van der Waals surface area contributed by atoms with Crippen LogP contribution in [-0.4, -0.2) is 115 Å². The van der Waals surface area contributed by atoms with E-state index in [9.17, 15) is 0 Å². The second kappa shape index (κ2) is 13.2. The Morgan fingerprint density at radius 1 is 0.773 bits per heavy atom. The number of likely N-dealkylation sites (N-methyl/N-ethyl adjacent to an activating group) is 1. The van der Waals surface area contributed by atoms with Crippen LogP contribution >= 0.6 is 0 Å². The molecule has 0 atom stereocenters. The Labute approximate surface area is 136 Å². The Hall–Kier alpha value is -0.240. The molecule has 0 aromatic rings. The van der Waals surface area contributed by atoms with Crippen LogP contribution in [0.15, 0.2) is 0 Å². The van der Waals surface area contributed by atoms with Gasteiger partial charge < -0.3 is 19.1 Å². The fourth-order valence-electron chi connectivity index (χ4n) is 2.55. The zero-order valence-electron chi connectivity index (χ0n) is 14.8. The summed E-state index contributed by atoms with van der Waals surface area (Å²) in [7, 11) is 5.68. The fourth-order valence-corrected chi connectivity index (χ4v) is 2.55. The maximum absolute atomic E-state index is 5.23. The molecule has 22 heavy (non-hydrogen) atoms. The van der Waals surface area contributed by atoms with E-state index >= 15 is 0 Å². The van der Waals surface area contributed by atoms with E-state index in [1.165, 1.54) is 26.2 Å². The summed E-state index contributed by atoms with van der Waals surface area (Å²) in [5.74, 6) is 0. The predicted octanol–water partition coefficient (Wildman–Crippen LogP) is 0.235. The molecular weight excluding hydrogens is 282 g/mol. The van der Waals surface area contributed by atoms with Crippen LogP contribution in [0.3, 0.4) is 0 Å². The van der Waals surface area contributed by atoms with Crippen LogP contribution in [0.5, 0.6) is 0 Å². The average molecular weight is 317 g/mol. The molecule has 0 N–H and O–H groups in total. The van der Waals surface area contributed by atoms with Crippen LogP contribution in [0.25, 0.3) is 0 Å². The minimum Gasteiger partial charge on any atom is -0.385 e. The Morgan fingerprint density at radius 2 is 1.36 bits per heavy atom. The highest BCUT2D eigenvalue weighted by atomic mass is 16.5. The summed E-state index contributed by atoms with van der Waals surface area (Å²) in [6, 6.07) is 0. The van der Waals surface area contributed by atoms with Crippen LogP contribution < -0.4 is 0 Å². The van der Waals surface area contributed by atoms with Gasteiger partial charge in [-0.1, -0.05) is 0 Å². The van der Waals surface area contributed by atoms with E-state index in [1.54, 1.807) is 14.2 Å². The maximum atomic E-state index is 5.23. The first-order chi connectivity index (χ1) is 10.8. The Kier molecular flexibility index (Phi) is 11.9. The first-order valence-electron chi connectivity index (χ1n) is 8.45. The van der Waals surface area contributed by atoms with Crippen molar-refractivity contribution in [3.05, 3.63) is 0 Å². The van der Waals surface area contributed by atoms with Crippen molar-refractivity contribution < 1.29 is 14.2 Å². The lowest BCUT2D eigenvalue weighted by Gasteiger charge is -2.31. The molecule has 2 saturated heterocycles. The highest BCUT2D eigenvalue weighted by molar-refractivity contribution is 4.68. The van der Waals surface area contributed by atoms with Gasteiger partial charge in [-0.25, -0.2) is 0 Å². The number of nitrogens with zero attached hydrogens (tertiary/aromatic N) is 3. The van der Waals surface area contributed by atoms with Crippen LogP contribution in [-0.2, 0) is 14.2 Å². The zero-order chi connectivity index (χ0) is 16.0. The molecule has 2 fully saturated rings. The molecule has 2 rings (SSSR count). The van der Waals surface area contributed by atoms with E-state index in [4.69, 9.17) is 14.2 Å². The second-order valence-electron chi connectivity index (χ2n) is 5.94. The Morgan fingerprint density at radius 3 is 1.95 bits per heavy atom. The molecule has 0 aromatic carbocycles. The van der Waals surface area contributed by atoms with Gasteiger partial charge >= 0.3 is 0 Å². The molecule has 6 heteroatoms. The van der Waals surface area contributed by atoms with Crippen molar-refractivity contribution in [2.45, 2.75) is 6.42 Å². The molecule has 6 nitrogen and oxygen atoms in total. The van der Waals surface area contributed by atoms with E-state index in [1.807, 2.05) is 0 Å². The van der Waals surface area contributed by atoms with Gasteiger partial charge in [0.2, 0.25) is 0 Å². The Bertz CT molecular complexity index is 240. The summed E-state index contributed by atoms with van der Waals surface area (Å²) in [5.41, 5.74) is 0. The smallest absolute Gasteiger partial charge is 0.0594 e. The van der Waals surface area contributed by atoms with Gasteiger partial charge in [-0.05, 0) is 13.5 Å². The van der Waals surface area contributed by atoms with Gasteiger partial charge in [0.15, 0.2) is 0 Å². The lowest BCUT2D eigenvalue weighted by molar-refractivity contribution is 0.0340. The van der Waals surface area contributed by atoms with Crippen LogP contribution in [0, 0.1) is 0 Å². The molecule has 2 heterocycles. The SMILES string of the molecule is COCCCN1CCOCC1.COCCN1CCN(C)CC1. The largest absolute Gasteiger partial charge is 0.385 e. The lowest BCUT2D eigenvalue weighted by Crippen LogP contribution is -2.45. The summed E-state index contributed by atoms with van der Waals surface area (Å²) in [4.78, 5) is 7.23. The average Bonchev–Trinajstić information content (AvgIpc) is 2.56. The summed E-state index contributed by atoms with van der Waals surface area (Å²) in [5, 5.41) is 0. The van der Waals surface area contributed by atoms with Crippen molar-refractivity contribution in [1.29, 1.82) is 0 Å². The zero-order valence-corrected chi connectivity index (χ0v) is 14.8. The quantitative estimate of drug-likeness (QED) is 0.626. The first kappa shape index (κ1) is 19.8. The van der Waals surface area contributed by atoms with Crippen molar-refractivity contribution >= 4 is 0 Å². The summed E-state index contributed by atoms with van der Waals surface area (Å²) in [6.45, 7) is 12.7. The maximum Gasteiger partial charge on any atom is 0.0594 e. The molecule has 132 valence electrons. The molecule has 2 aliphatic heterocycles. The standard InChI is InChI=1S/C8H18N2O.C8H17NO2/c1-9-3-5-10(6-4-9)7-8-11-2;1-10-6-2-3-9-4-7-11-8-5-9/h3-8H2,1-2H3;2-8H2,1H3. The van der Waals surface area contributed by atoms with Gasteiger partial charge in [0.05, 0.1) is 19.8 Å². The highest BCUT2D eigenvalue weighted by Crippen LogP contribution is 1.98. The second-order valence-corrected chi connectivity index (χ2v) is 5.94. The van der Waals surface area contributed by atoms with E-state index in [0.717, 1.165) is 59.0 Å². The van der Waals surface area contributed by atoms with Crippen molar-refractivity contribution in [1.82, 2.24) is 14.7 Å². The summed E-state index contributed by atoms with van der Waals surface area (Å²) in [6.07, 6.45) is 1.14. The van der Waals surface area contributed by atoms with Crippen LogP contribution in [0.1, 0.15) is 6.42 Å². The van der Waals surface area contributed by atoms with Gasteiger partial charge in [-0.3, -0.25) is 9.80 Å². The van der Waals surface area contributed by atoms with Gasteiger partial charge in [0.25, 0.3) is 0 Å². The number of hydrogen-bond donors (Lipinski definition) is 0. The minimum absolute atomic E-state index is 0.865. The lowest BCUT2D eigenvalue weighted by atomic mass is 10.3. The Balaban J connectivity index is 0.000000220. The first-order valence-corrected chi connectivity index (χ1v) is 8.45. The third-order valence-electron chi connectivity index (χ3n) is 4.13. The van der Waals surface area contributed by atoms with E-state index in [0.29, 0.717) is 0 Å². The van der Waals surface area contributed by atoms with Crippen LogP contribution in [0.2, 0.25) is 0 Å². The number of ether oxygens (including phenoxy) is 3. The number of morpholine rings is 1. The molecule has 0 bridgehead atoms. The number of methoxy groups -OCH3 is 2. The number of rotatable bonds is 7. The third-order valence-corrected chi connectivity index (χ3v) is 4.13. The van der Waals surface area contributed by atoms with Crippen molar-refractivity contribution in [2.24, 2.45) is 0 Å². The normalized spacial score (nSPS) is 21.4. The molecule has 2 aliphatic rings. The molecule has 0 unspecified atom stereocenters. The van der Waals surface area contributed by atoms with Crippen molar-refractivity contribution in [2.75, 3.05) is 100 Å². The fraction of sp³-hybridized carbons (Fsp3) is 1.00. The van der Waals surface area contributed by atoms with Gasteiger partial charge in [-0.2, -0.15) is 0 Å². The van der Waals surface area contributed by atoms with E-state index < -0.39 is 0 Å². The molecule has 0 spiro atoms. The predicted molar refractivity (Wildman–Crippen MR) is 89.6 cm³/mol. The van der Waals surface area contributed by atoms with Gasteiger partial charge in [0.1, 0.15) is 0 Å².